The van der Waals surface area contributed by atoms with Crippen molar-refractivity contribution in [3.8, 4) is 0 Å². The van der Waals surface area contributed by atoms with Gasteiger partial charge >= 0.3 is 5.97 Å². The van der Waals surface area contributed by atoms with Gasteiger partial charge in [0, 0.05) is 23.5 Å². The van der Waals surface area contributed by atoms with Crippen LogP contribution >= 0.6 is 23.5 Å². The number of carboxylic acids is 1. The fourth-order valence-corrected chi connectivity index (χ4v) is 4.78. The highest BCUT2D eigenvalue weighted by molar-refractivity contribution is 8.11. The summed E-state index contributed by atoms with van der Waals surface area (Å²) in [7, 11) is 0. The Kier molecular flexibility index (Phi) is 7.20. The van der Waals surface area contributed by atoms with Gasteiger partial charge in [-0.25, -0.2) is 4.79 Å². The minimum Gasteiger partial charge on any atom is -0.477 e. The van der Waals surface area contributed by atoms with Gasteiger partial charge in [-0.2, -0.15) is 0 Å². The molecule has 1 amide bonds. The fourth-order valence-electron chi connectivity index (χ4n) is 2.60. The zero-order chi connectivity index (χ0) is 17.5. The van der Waals surface area contributed by atoms with Crippen LogP contribution in [-0.4, -0.2) is 41.1 Å². The van der Waals surface area contributed by atoms with Crippen molar-refractivity contribution in [2.75, 3.05) is 18.1 Å². The normalized spacial score (nSPS) is 17.2. The van der Waals surface area contributed by atoms with E-state index < -0.39 is 5.97 Å². The zero-order valence-electron chi connectivity index (χ0n) is 13.5. The molecule has 130 valence electrons. The molecule has 1 aliphatic heterocycles. The van der Waals surface area contributed by atoms with Gasteiger partial charge in [-0.15, -0.1) is 23.5 Å². The van der Waals surface area contributed by atoms with Crippen LogP contribution in [0, 0.1) is 0 Å². The number of nitrogens with two attached hydrogens (primary N) is 1. The lowest BCUT2D eigenvalue weighted by atomic mass is 9.91. The molecule has 1 aromatic carbocycles. The largest absolute Gasteiger partial charge is 0.477 e. The van der Waals surface area contributed by atoms with Gasteiger partial charge in [0.1, 0.15) is 4.91 Å². The summed E-state index contributed by atoms with van der Waals surface area (Å²) in [5.41, 5.74) is 6.83. The molecule has 1 heterocycles. The summed E-state index contributed by atoms with van der Waals surface area (Å²) in [5, 5.41) is 12.3. The molecule has 0 radical (unpaired) electrons. The number of thioether (sulfide) groups is 2. The molecule has 0 aromatic heterocycles. The Morgan fingerprint density at radius 3 is 2.42 bits per heavy atom. The van der Waals surface area contributed by atoms with Crippen LogP contribution in [0.5, 0.6) is 0 Å². The highest BCUT2D eigenvalue weighted by atomic mass is 32.2. The number of benzene rings is 1. The number of carboxylic acid groups (broad SMARTS) is 1. The van der Waals surface area contributed by atoms with Crippen LogP contribution in [0.1, 0.15) is 24.8 Å². The molecular weight excluding hydrogens is 344 g/mol. The highest BCUT2D eigenvalue weighted by Crippen LogP contribution is 2.34. The number of hydrogen-bond acceptors (Lipinski definition) is 5. The van der Waals surface area contributed by atoms with E-state index in [2.05, 4.69) is 5.32 Å². The average Bonchev–Trinajstić information content (AvgIpc) is 2.61. The lowest BCUT2D eigenvalue weighted by molar-refractivity contribution is -0.132. The van der Waals surface area contributed by atoms with Gasteiger partial charge in [-0.3, -0.25) is 4.79 Å². The maximum Gasteiger partial charge on any atom is 0.343 e. The molecular formula is C17H22N2O3S2. The number of carbonyl (C=O) groups is 2. The van der Waals surface area contributed by atoms with Crippen LogP contribution in [0.25, 0.3) is 0 Å². The molecule has 0 aliphatic carbocycles. The van der Waals surface area contributed by atoms with E-state index in [1.807, 2.05) is 37.3 Å². The number of amides is 1. The SMILES string of the molecule is C[C@@H](c1ccccc1)[C@@H](CCN)NC(=O)C1=C(C(=O)O)SCCS1. The van der Waals surface area contributed by atoms with E-state index in [0.717, 1.165) is 11.3 Å². The third kappa shape index (κ3) is 4.78. The third-order valence-corrected chi connectivity index (χ3v) is 6.46. The molecule has 24 heavy (non-hydrogen) atoms. The van der Waals surface area contributed by atoms with Crippen LogP contribution in [0.4, 0.5) is 0 Å². The minimum absolute atomic E-state index is 0.0915. The van der Waals surface area contributed by atoms with Gasteiger partial charge in [0.15, 0.2) is 0 Å². The van der Waals surface area contributed by atoms with E-state index in [4.69, 9.17) is 5.73 Å². The molecule has 0 spiro atoms. The van der Waals surface area contributed by atoms with Gasteiger partial charge in [0.25, 0.3) is 5.91 Å². The standard InChI is InChI=1S/C17H22N2O3S2/c1-11(12-5-3-2-4-6-12)13(7-8-18)19-16(20)14-15(17(21)22)24-10-9-23-14/h2-6,11,13H,7-10,18H2,1H3,(H,19,20)(H,21,22)/t11-,13+/m0/s1. The molecule has 1 aromatic rings. The number of aliphatic carboxylic acids is 1. The van der Waals surface area contributed by atoms with Gasteiger partial charge in [-0.05, 0) is 18.5 Å². The predicted molar refractivity (Wildman–Crippen MR) is 100 cm³/mol. The van der Waals surface area contributed by atoms with E-state index in [9.17, 15) is 14.7 Å². The molecule has 0 saturated heterocycles. The fraction of sp³-hybridized carbons (Fsp3) is 0.412. The van der Waals surface area contributed by atoms with E-state index in [1.165, 1.54) is 23.5 Å². The first-order valence-corrected chi connectivity index (χ1v) is 9.80. The van der Waals surface area contributed by atoms with Gasteiger partial charge < -0.3 is 16.2 Å². The first-order valence-electron chi connectivity index (χ1n) is 7.83. The van der Waals surface area contributed by atoms with Crippen LogP contribution in [-0.2, 0) is 9.59 Å². The summed E-state index contributed by atoms with van der Waals surface area (Å²) in [5.74, 6) is 0.180. The van der Waals surface area contributed by atoms with Gasteiger partial charge in [-0.1, -0.05) is 37.3 Å². The van der Waals surface area contributed by atoms with Crippen molar-refractivity contribution >= 4 is 35.4 Å². The summed E-state index contributed by atoms with van der Waals surface area (Å²) in [4.78, 5) is 24.4. The van der Waals surface area contributed by atoms with Crippen LogP contribution in [0.15, 0.2) is 40.1 Å². The van der Waals surface area contributed by atoms with Crippen molar-refractivity contribution in [3.63, 3.8) is 0 Å². The lowest BCUT2D eigenvalue weighted by Gasteiger charge is -2.26. The Morgan fingerprint density at radius 2 is 1.83 bits per heavy atom. The van der Waals surface area contributed by atoms with Crippen molar-refractivity contribution in [3.05, 3.63) is 45.7 Å². The van der Waals surface area contributed by atoms with Crippen LogP contribution < -0.4 is 11.1 Å². The summed E-state index contributed by atoms with van der Waals surface area (Å²) >= 11 is 2.54. The third-order valence-electron chi connectivity index (χ3n) is 3.91. The quantitative estimate of drug-likeness (QED) is 0.686. The van der Waals surface area contributed by atoms with Crippen molar-refractivity contribution in [2.45, 2.75) is 25.3 Å². The maximum atomic E-state index is 12.6. The molecule has 7 heteroatoms. The number of nitrogens with one attached hydrogen (secondary N) is 1. The Bertz CT molecular complexity index is 620. The van der Waals surface area contributed by atoms with E-state index in [1.54, 1.807) is 0 Å². The summed E-state index contributed by atoms with van der Waals surface area (Å²) < 4.78 is 0. The molecule has 1 aliphatic rings. The second-order valence-electron chi connectivity index (χ2n) is 5.52. The van der Waals surface area contributed by atoms with Gasteiger partial charge in [0.05, 0.1) is 4.91 Å². The maximum absolute atomic E-state index is 12.6. The molecule has 4 N–H and O–H groups in total. The van der Waals surface area contributed by atoms with Crippen molar-refractivity contribution in [1.29, 1.82) is 0 Å². The number of carbonyl (C=O) groups excluding carboxylic acids is 1. The summed E-state index contributed by atoms with van der Waals surface area (Å²) in [6.45, 7) is 2.50. The zero-order valence-corrected chi connectivity index (χ0v) is 15.2. The highest BCUT2D eigenvalue weighted by Gasteiger charge is 2.28. The minimum atomic E-state index is -1.04. The number of rotatable bonds is 7. The summed E-state index contributed by atoms with van der Waals surface area (Å²) in [6, 6.07) is 9.78. The van der Waals surface area contributed by atoms with Crippen molar-refractivity contribution in [2.24, 2.45) is 5.73 Å². The van der Waals surface area contributed by atoms with E-state index in [0.29, 0.717) is 23.6 Å². The van der Waals surface area contributed by atoms with Crippen LogP contribution in [0.3, 0.4) is 0 Å². The predicted octanol–water partition coefficient (Wildman–Crippen LogP) is 2.40. The van der Waals surface area contributed by atoms with E-state index >= 15 is 0 Å². The van der Waals surface area contributed by atoms with E-state index in [-0.39, 0.29) is 22.8 Å². The molecule has 0 saturated carbocycles. The molecule has 5 nitrogen and oxygen atoms in total. The smallest absolute Gasteiger partial charge is 0.343 e. The lowest BCUT2D eigenvalue weighted by Crippen LogP contribution is -2.41. The average molecular weight is 367 g/mol. The molecule has 0 fully saturated rings. The second kappa shape index (κ2) is 9.15. The van der Waals surface area contributed by atoms with Gasteiger partial charge in [0.2, 0.25) is 0 Å². The Morgan fingerprint density at radius 1 is 1.21 bits per heavy atom. The Balaban J connectivity index is 2.17. The first-order chi connectivity index (χ1) is 11.5. The second-order valence-corrected chi connectivity index (χ2v) is 7.73. The number of hydrogen-bond donors (Lipinski definition) is 3. The molecule has 0 bridgehead atoms. The van der Waals surface area contributed by atoms with Crippen molar-refractivity contribution in [1.82, 2.24) is 5.32 Å². The topological polar surface area (TPSA) is 92.4 Å². The Hall–Kier alpha value is -1.44. The van der Waals surface area contributed by atoms with Crippen molar-refractivity contribution < 1.29 is 14.7 Å². The molecule has 2 atom stereocenters. The molecule has 2 rings (SSSR count). The monoisotopic (exact) mass is 366 g/mol. The van der Waals surface area contributed by atoms with Crippen LogP contribution in [0.2, 0.25) is 0 Å². The molecule has 0 unspecified atom stereocenters. The summed E-state index contributed by atoms with van der Waals surface area (Å²) in [6.07, 6.45) is 0.634. The first kappa shape index (κ1) is 18.9. The Labute approximate surface area is 150 Å².